The third-order valence-corrected chi connectivity index (χ3v) is 6.08. The number of aliphatic imine (C=N–C) groups is 1. The number of likely N-dealkylation sites (tertiary alicyclic amines) is 1. The van der Waals surface area contributed by atoms with Gasteiger partial charge in [-0.2, -0.15) is 0 Å². The third kappa shape index (κ3) is 6.78. The molecule has 1 aliphatic carbocycles. The summed E-state index contributed by atoms with van der Waals surface area (Å²) in [6.07, 6.45) is 6.30. The maximum Gasteiger partial charge on any atom is 0.191 e. The van der Waals surface area contributed by atoms with Crippen LogP contribution in [0.25, 0.3) is 0 Å². The fourth-order valence-electron chi connectivity index (χ4n) is 4.21. The lowest BCUT2D eigenvalue weighted by Gasteiger charge is -2.30. The summed E-state index contributed by atoms with van der Waals surface area (Å²) in [5.41, 5.74) is 2.65. The van der Waals surface area contributed by atoms with Gasteiger partial charge >= 0.3 is 0 Å². The molecule has 1 saturated heterocycles. The Morgan fingerprint density at radius 2 is 1.82 bits per heavy atom. The van der Waals surface area contributed by atoms with Crippen molar-refractivity contribution in [3.05, 3.63) is 35.4 Å². The van der Waals surface area contributed by atoms with Crippen LogP contribution in [0.5, 0.6) is 0 Å². The molecule has 1 aromatic rings. The van der Waals surface area contributed by atoms with Gasteiger partial charge in [0.2, 0.25) is 0 Å². The normalized spacial score (nSPS) is 24.9. The van der Waals surface area contributed by atoms with Crippen molar-refractivity contribution in [2.45, 2.75) is 77.6 Å². The van der Waals surface area contributed by atoms with Gasteiger partial charge in [-0.15, -0.1) is 0 Å². The highest BCUT2D eigenvalue weighted by Crippen LogP contribution is 2.19. The van der Waals surface area contributed by atoms with Crippen molar-refractivity contribution < 1.29 is 5.11 Å². The van der Waals surface area contributed by atoms with Crippen molar-refractivity contribution in [2.75, 3.05) is 19.6 Å². The largest absolute Gasteiger partial charge is 0.393 e. The molecule has 156 valence electrons. The predicted octanol–water partition coefficient (Wildman–Crippen LogP) is 3.28. The Hall–Kier alpha value is -1.59. The molecule has 1 heterocycles. The van der Waals surface area contributed by atoms with Crippen molar-refractivity contribution in [3.63, 3.8) is 0 Å². The van der Waals surface area contributed by atoms with Crippen molar-refractivity contribution in [3.8, 4) is 0 Å². The molecule has 0 radical (unpaired) electrons. The molecule has 5 nitrogen and oxygen atoms in total. The Labute approximate surface area is 170 Å². The first-order valence-corrected chi connectivity index (χ1v) is 11.2. The Morgan fingerprint density at radius 3 is 2.54 bits per heavy atom. The molecular formula is C23H38N4O. The Kier molecular flexibility index (Phi) is 8.16. The van der Waals surface area contributed by atoms with E-state index in [9.17, 15) is 5.11 Å². The zero-order valence-corrected chi connectivity index (χ0v) is 17.7. The average Bonchev–Trinajstić information content (AvgIpc) is 2.70. The van der Waals surface area contributed by atoms with Crippen LogP contribution in [0, 0.1) is 5.92 Å². The van der Waals surface area contributed by atoms with Crippen LogP contribution in [0.2, 0.25) is 0 Å². The van der Waals surface area contributed by atoms with Crippen LogP contribution in [0.15, 0.2) is 29.3 Å². The number of nitrogens with one attached hydrogen (secondary N) is 2. The molecule has 0 aromatic heterocycles. The molecule has 3 N–H and O–H groups in total. The van der Waals surface area contributed by atoms with Crippen molar-refractivity contribution in [2.24, 2.45) is 10.9 Å². The van der Waals surface area contributed by atoms with E-state index in [1.54, 1.807) is 0 Å². The van der Waals surface area contributed by atoms with Crippen molar-refractivity contribution in [1.29, 1.82) is 0 Å². The monoisotopic (exact) mass is 386 g/mol. The quantitative estimate of drug-likeness (QED) is 0.519. The van der Waals surface area contributed by atoms with Gasteiger partial charge in [-0.3, -0.25) is 4.90 Å². The van der Waals surface area contributed by atoms with E-state index in [4.69, 9.17) is 4.99 Å². The second-order valence-electron chi connectivity index (χ2n) is 8.62. The smallest absolute Gasteiger partial charge is 0.191 e. The number of aliphatic hydroxyl groups excluding tert-OH is 1. The van der Waals surface area contributed by atoms with E-state index in [1.807, 2.05) is 0 Å². The maximum atomic E-state index is 9.70. The van der Waals surface area contributed by atoms with Gasteiger partial charge in [-0.1, -0.05) is 31.2 Å². The molecule has 1 aliphatic heterocycles. The van der Waals surface area contributed by atoms with E-state index in [1.165, 1.54) is 37.1 Å². The predicted molar refractivity (Wildman–Crippen MR) is 116 cm³/mol. The van der Waals surface area contributed by atoms with Crippen LogP contribution >= 0.6 is 0 Å². The summed E-state index contributed by atoms with van der Waals surface area (Å²) in [5.74, 6) is 1.76. The number of hydrogen-bond donors (Lipinski definition) is 3. The minimum atomic E-state index is -0.122. The average molecular weight is 387 g/mol. The topological polar surface area (TPSA) is 59.9 Å². The van der Waals surface area contributed by atoms with Crippen LogP contribution in [-0.4, -0.2) is 47.7 Å². The number of rotatable bonds is 6. The minimum absolute atomic E-state index is 0.122. The molecule has 1 saturated carbocycles. The van der Waals surface area contributed by atoms with Gasteiger partial charge in [0, 0.05) is 19.1 Å². The molecular weight excluding hydrogens is 348 g/mol. The van der Waals surface area contributed by atoms with Gasteiger partial charge < -0.3 is 15.7 Å². The summed E-state index contributed by atoms with van der Waals surface area (Å²) in [6.45, 7) is 9.49. The minimum Gasteiger partial charge on any atom is -0.393 e. The first-order chi connectivity index (χ1) is 13.6. The number of benzene rings is 1. The summed E-state index contributed by atoms with van der Waals surface area (Å²) in [7, 11) is 0. The van der Waals surface area contributed by atoms with Gasteiger partial charge in [0.25, 0.3) is 0 Å². The summed E-state index contributed by atoms with van der Waals surface area (Å²) in [5, 5.41) is 16.6. The first kappa shape index (κ1) is 21.1. The molecule has 0 spiro atoms. The fourth-order valence-corrected chi connectivity index (χ4v) is 4.21. The van der Waals surface area contributed by atoms with E-state index in [2.05, 4.69) is 53.6 Å². The lowest BCUT2D eigenvalue weighted by Crippen LogP contribution is -2.45. The highest BCUT2D eigenvalue weighted by atomic mass is 16.3. The van der Waals surface area contributed by atoms with Gasteiger partial charge in [-0.05, 0) is 75.6 Å². The number of piperidine rings is 1. The SMILES string of the molecule is CCNC(=NCc1cccc(CN2CCC(C)CC2)c1)NC1CCC(O)CC1. The van der Waals surface area contributed by atoms with Crippen LogP contribution in [0.4, 0.5) is 0 Å². The molecule has 0 unspecified atom stereocenters. The lowest BCUT2D eigenvalue weighted by atomic mass is 9.93. The van der Waals surface area contributed by atoms with Crippen LogP contribution < -0.4 is 10.6 Å². The first-order valence-electron chi connectivity index (χ1n) is 11.2. The van der Waals surface area contributed by atoms with E-state index < -0.39 is 0 Å². The zero-order chi connectivity index (χ0) is 19.8. The highest BCUT2D eigenvalue weighted by molar-refractivity contribution is 5.80. The molecule has 0 bridgehead atoms. The van der Waals surface area contributed by atoms with Crippen LogP contribution in [-0.2, 0) is 13.1 Å². The van der Waals surface area contributed by atoms with Gasteiger partial charge in [-0.25, -0.2) is 4.99 Å². The molecule has 1 aromatic carbocycles. The van der Waals surface area contributed by atoms with Crippen molar-refractivity contribution in [1.82, 2.24) is 15.5 Å². The van der Waals surface area contributed by atoms with E-state index in [-0.39, 0.29) is 6.10 Å². The standard InChI is InChI=1S/C23H38N4O/c1-3-24-23(26-21-7-9-22(28)10-8-21)25-16-19-5-4-6-20(15-19)17-27-13-11-18(2)12-14-27/h4-6,15,18,21-22,28H,3,7-14,16-17H2,1-2H3,(H2,24,25,26). The fraction of sp³-hybridized carbons (Fsp3) is 0.696. The van der Waals surface area contributed by atoms with Crippen LogP contribution in [0.1, 0.15) is 63.5 Å². The molecule has 3 rings (SSSR count). The zero-order valence-electron chi connectivity index (χ0n) is 17.7. The summed E-state index contributed by atoms with van der Waals surface area (Å²) < 4.78 is 0. The highest BCUT2D eigenvalue weighted by Gasteiger charge is 2.20. The molecule has 2 fully saturated rings. The second kappa shape index (κ2) is 10.8. The van der Waals surface area contributed by atoms with Crippen molar-refractivity contribution >= 4 is 5.96 Å². The molecule has 0 atom stereocenters. The van der Waals surface area contributed by atoms with E-state index >= 15 is 0 Å². The lowest BCUT2D eigenvalue weighted by molar-refractivity contribution is 0.120. The number of nitrogens with zero attached hydrogens (tertiary/aromatic N) is 2. The third-order valence-electron chi connectivity index (χ3n) is 6.08. The molecule has 28 heavy (non-hydrogen) atoms. The van der Waals surface area contributed by atoms with E-state index in [0.717, 1.165) is 50.7 Å². The molecule has 0 amide bonds. The summed E-state index contributed by atoms with van der Waals surface area (Å²) in [6, 6.07) is 9.29. The Balaban J connectivity index is 1.54. The van der Waals surface area contributed by atoms with Gasteiger partial charge in [0.1, 0.15) is 0 Å². The van der Waals surface area contributed by atoms with Gasteiger partial charge in [0.15, 0.2) is 5.96 Å². The molecule has 5 heteroatoms. The van der Waals surface area contributed by atoms with E-state index in [0.29, 0.717) is 12.6 Å². The number of guanidine groups is 1. The Bertz CT molecular complexity index is 617. The second-order valence-corrected chi connectivity index (χ2v) is 8.62. The maximum absolute atomic E-state index is 9.70. The summed E-state index contributed by atoms with van der Waals surface area (Å²) >= 11 is 0. The van der Waals surface area contributed by atoms with Crippen LogP contribution in [0.3, 0.4) is 0 Å². The number of aliphatic hydroxyl groups is 1. The summed E-state index contributed by atoms with van der Waals surface area (Å²) in [4.78, 5) is 7.39. The Morgan fingerprint density at radius 1 is 1.11 bits per heavy atom. The van der Waals surface area contributed by atoms with Gasteiger partial charge in [0.05, 0.1) is 12.6 Å². The number of hydrogen-bond acceptors (Lipinski definition) is 3. The molecule has 2 aliphatic rings.